The summed E-state index contributed by atoms with van der Waals surface area (Å²) in [5.41, 5.74) is 36.7. The molecule has 0 aliphatic carbocycles. The van der Waals surface area contributed by atoms with Gasteiger partial charge in [-0.15, -0.1) is 20.4 Å². The van der Waals surface area contributed by atoms with Crippen LogP contribution in [0.2, 0.25) is 35.2 Å². The number of methoxy groups -OCH3 is 2. The third-order valence-electron chi connectivity index (χ3n) is 10.8. The Morgan fingerprint density at radius 1 is 0.642 bits per heavy atom. The van der Waals surface area contributed by atoms with Gasteiger partial charge in [0.25, 0.3) is 17.6 Å². The normalized spacial score (nSPS) is 9.92. The van der Waals surface area contributed by atoms with E-state index in [4.69, 9.17) is 139 Å². The van der Waals surface area contributed by atoms with Crippen LogP contribution in [0.3, 0.4) is 0 Å². The largest absolute Gasteiger partial charge is 0.497 e. The van der Waals surface area contributed by atoms with Crippen LogP contribution in [0.5, 0.6) is 11.5 Å². The minimum absolute atomic E-state index is 0. The van der Waals surface area contributed by atoms with Crippen LogP contribution in [0.15, 0.2) is 122 Å². The van der Waals surface area contributed by atoms with E-state index in [1.807, 2.05) is 6.07 Å². The first-order valence-electron chi connectivity index (χ1n) is 24.9. The van der Waals surface area contributed by atoms with Gasteiger partial charge >= 0.3 is 63.7 Å². The number of nitrogens with one attached hydrogen (secondary N) is 2. The van der Waals surface area contributed by atoms with Crippen LogP contribution < -0.4 is 58.4 Å². The molecule has 95 heavy (non-hydrogen) atoms. The topological polar surface area (TPSA) is 512 Å². The summed E-state index contributed by atoms with van der Waals surface area (Å²) in [5.74, 6) is 1.59. The number of carbonyl (C=O) groups excluding carboxylic acids is 1. The maximum atomic E-state index is 11.3. The molecule has 0 aliphatic rings. The number of benzene rings is 7. The molecule has 0 bridgehead atoms. The van der Waals surface area contributed by atoms with Gasteiger partial charge in [0.2, 0.25) is 11.9 Å². The molecule has 4 aromatic heterocycles. The molecule has 7 aromatic carbocycles. The number of ether oxygens (including phenoxy) is 2. The van der Waals surface area contributed by atoms with Gasteiger partial charge in [-0.2, -0.15) is 5.26 Å². The molecule has 0 saturated heterocycles. The van der Waals surface area contributed by atoms with Crippen molar-refractivity contribution < 1.29 is 42.9 Å². The van der Waals surface area contributed by atoms with Crippen molar-refractivity contribution in [2.75, 3.05) is 42.9 Å². The van der Waals surface area contributed by atoms with E-state index >= 15 is 0 Å². The Morgan fingerprint density at radius 2 is 1.11 bits per heavy atom. The monoisotopic (exact) mass is 1580 g/mol. The second-order valence-corrected chi connectivity index (χ2v) is 22.2. The van der Waals surface area contributed by atoms with Crippen molar-refractivity contribution in [1.82, 2.24) is 50.5 Å². The Morgan fingerprint density at radius 3 is 1.61 bits per heavy atom. The predicted octanol–water partition coefficient (Wildman–Crippen LogP) is 10.3. The van der Waals surface area contributed by atoms with Gasteiger partial charge in [0.1, 0.15) is 39.3 Å². The van der Waals surface area contributed by atoms with E-state index in [1.54, 1.807) is 86.0 Å². The molecule has 11 rings (SSSR count). The number of carbonyl (C=O) groups is 1. The molecule has 43 heteroatoms. The van der Waals surface area contributed by atoms with Gasteiger partial charge in [0, 0.05) is 63.8 Å². The maximum Gasteiger partial charge on any atom is 0.490 e. The Bertz CT molecular complexity index is 4730. The van der Waals surface area contributed by atoms with Crippen LogP contribution in [-0.4, -0.2) is 104 Å². The molecule has 0 amide bonds. The van der Waals surface area contributed by atoms with Crippen LogP contribution in [0, 0.1) is 31.4 Å². The number of hydrogen-bond donors (Lipinski definition) is 11. The number of nitriles is 1. The predicted molar refractivity (Wildman–Crippen MR) is 380 cm³/mol. The quantitative estimate of drug-likeness (QED) is 0.00813. The summed E-state index contributed by atoms with van der Waals surface area (Å²) in [6.45, 7) is 1.36. The Hall–Kier alpha value is -8.67. The number of fused-ring (bicyclic) bond motifs is 4. The summed E-state index contributed by atoms with van der Waals surface area (Å²) in [6.07, 6.45) is 1.25. The first kappa shape index (κ1) is 80.6. The molecule has 0 radical (unpaired) electrons. The van der Waals surface area contributed by atoms with Crippen molar-refractivity contribution in [2.45, 2.75) is 14.4 Å². The fourth-order valence-electron chi connectivity index (χ4n) is 6.77. The molecule has 17 N–H and O–H groups in total. The fraction of sp³-hybridized carbons (Fsp3) is 0.0769. The second kappa shape index (κ2) is 39.3. The van der Waals surface area contributed by atoms with Crippen molar-refractivity contribution in [1.29, 1.82) is 5.26 Å². The van der Waals surface area contributed by atoms with Crippen LogP contribution in [0.4, 0.5) is 35.2 Å². The zero-order valence-corrected chi connectivity index (χ0v) is 57.1. The molecule has 0 spiro atoms. The van der Waals surface area contributed by atoms with Crippen molar-refractivity contribution in [3.63, 3.8) is 0 Å². The molecule has 494 valence electrons. The number of nitrogens with two attached hydrogens (primary N) is 6. The minimum Gasteiger partial charge on any atom is -0.497 e. The van der Waals surface area contributed by atoms with Gasteiger partial charge in [0.05, 0.1) is 55.1 Å². The van der Waals surface area contributed by atoms with Crippen LogP contribution in [-0.2, 0) is 4.79 Å². The number of nitro benzene ring substituents is 1. The third kappa shape index (κ3) is 25.2. The first-order chi connectivity index (χ1) is 44.4. The number of anilines is 5. The average molecular weight is 1590 g/mol. The van der Waals surface area contributed by atoms with Crippen molar-refractivity contribution in [2.24, 2.45) is 10.0 Å². The van der Waals surface area contributed by atoms with Gasteiger partial charge < -0.3 is 53.9 Å². The summed E-state index contributed by atoms with van der Waals surface area (Å²) in [4.78, 5) is 58.1. The van der Waals surface area contributed by atoms with Gasteiger partial charge in [-0.3, -0.25) is 10.1 Å². The number of aromatic nitrogens is 12. The average Bonchev–Trinajstić information content (AvgIpc) is 0.808. The molecule has 0 saturated carbocycles. The number of H-pyrrole nitrogens is 2. The van der Waals surface area contributed by atoms with E-state index in [-0.39, 0.29) is 66.0 Å². The van der Waals surface area contributed by atoms with Gasteiger partial charge in [-0.05, 0) is 123 Å². The Balaban J connectivity index is 0.000000292. The van der Waals surface area contributed by atoms with E-state index in [0.29, 0.717) is 104 Å². The molecule has 0 unspecified atom stereocenters. The molecular weight excluding hydrogens is 1540 g/mol. The van der Waals surface area contributed by atoms with E-state index in [0.717, 1.165) is 22.7 Å². The number of nitro groups is 1. The van der Waals surface area contributed by atoms with E-state index < -0.39 is 12.0 Å². The minimum atomic E-state index is -1.56. The van der Waals surface area contributed by atoms with Crippen molar-refractivity contribution in [3.05, 3.63) is 173 Å². The maximum absolute atomic E-state index is 11.3. The Kier molecular flexibility index (Phi) is 33.3. The summed E-state index contributed by atoms with van der Waals surface area (Å²) >= 11 is 48.0. The van der Waals surface area contributed by atoms with Gasteiger partial charge in [-0.25, -0.2) is 19.9 Å². The molecule has 0 fully saturated rings. The summed E-state index contributed by atoms with van der Waals surface area (Å²) in [7, 11) is 2.57. The van der Waals surface area contributed by atoms with Crippen LogP contribution in [0.1, 0.15) is 14.4 Å². The number of aromatic amines is 2. The third-order valence-corrected chi connectivity index (χ3v) is 14.8. The zero-order chi connectivity index (χ0) is 70.1. The van der Waals surface area contributed by atoms with Crippen LogP contribution >= 0.6 is 125 Å². The van der Waals surface area contributed by atoms with Crippen molar-refractivity contribution in [3.8, 4) is 28.8 Å². The molecule has 11 aromatic rings. The number of rotatable bonds is 7. The summed E-state index contributed by atoms with van der Waals surface area (Å²) in [5, 5.41) is 58.2. The second-order valence-electron chi connectivity index (χ2n) is 17.2. The van der Waals surface area contributed by atoms with Gasteiger partial charge in [-0.1, -0.05) is 98.8 Å². The molecule has 0 aliphatic heterocycles. The smallest absolute Gasteiger partial charge is 0.490 e. The van der Waals surface area contributed by atoms with E-state index in [1.165, 1.54) is 44.5 Å². The fourth-order valence-corrected chi connectivity index (χ4v) is 8.99. The molecule has 0 atom stereocenters. The number of nitrogen functional groups attached to an aromatic ring is 5. The van der Waals surface area contributed by atoms with Crippen LogP contribution in [0.25, 0.3) is 55.3 Å². The zero-order valence-electron chi connectivity index (χ0n) is 47.8. The van der Waals surface area contributed by atoms with E-state index in [2.05, 4.69) is 92.4 Å². The first-order valence-corrected chi connectivity index (χ1v) is 29.9. The number of nitrogens with zero attached hydrogens (tertiary/aromatic N) is 13. The van der Waals surface area contributed by atoms with Gasteiger partial charge in [0.15, 0.2) is 15.3 Å². The summed E-state index contributed by atoms with van der Waals surface area (Å²) < 4.78 is 23.6. The Labute approximate surface area is 593 Å². The van der Waals surface area contributed by atoms with Crippen molar-refractivity contribution >= 4 is 230 Å². The number of halogens is 9. The SMILES string of the molecule is C.CC(=O)B=NSO.COc1ccc(Cl)c(-c2cc3nnc(N)nc3cc2Cl)c1.COc1ccc(Cl)c(B(O)O)c1.N#CN.Nc1cc(Cl)ccc1[N+](=O)[O-].Nc1nc2cc(Cl)c(Br)cc2[n+](=O)[nH]1.Nc1nc2cc(Cl)ccc2[n+](=O)[nH]1.Nc1nnc2cc(Br)c(Cl)cc2n1. The van der Waals surface area contributed by atoms with E-state index in [9.17, 15) is 24.7 Å². The number of hydrogen-bond acceptors (Lipinski definition) is 27. The molecule has 31 nitrogen and oxygen atoms in total. The standard InChI is InChI=1S/C14H10Cl2N4O.C7H8BClO3.C7H5BrClN4O.C7H4BrClN4.C7H6ClN4O.C6H5ClN2O2.C2H4BNO2S.CH2N2.CH4/c1-21-7-2-3-10(15)8(4-7)9-5-13-12(6-11(9)16)18-14(17)20-19-13;1-12-5-2-3-7(9)6(4-5)8(10)11;8-3-1-6-5(2-4(3)9)11-7(10)12-13(6)14;8-3-1-6-5(2-4(3)9)11-7(10)13-12-6;8-4-1-2-6-5(3-4)10-7(9)11-12(6)13;7-4-1-2-6(9(10)11)5(8)3-4;1-2(5)3-4-7-6;2-1-3;/h2-6H,1H3,(H2,17,18,20);2-4,10-11H,1H3;1-2H,(H3,10,11,12,14);1-2H,(H2,10,11,13);1-3H,(H3,9,10,11,13);1-3H,8H2;6H,1H3;2H2;1H4/q;;+1;;+1;;;;. The molecular formula is C52H48B2Br2Cl7N21O10S+2. The summed E-state index contributed by atoms with van der Waals surface area (Å²) in [6, 6.07) is 28.9. The molecule has 4 heterocycles.